The maximum atomic E-state index is 8.04. The first-order valence-corrected chi connectivity index (χ1v) is 9.75. The van der Waals surface area contributed by atoms with Gasteiger partial charge in [0.1, 0.15) is 0 Å². The number of guanidine groups is 1. The number of halogens is 1. The molecule has 0 saturated carbocycles. The summed E-state index contributed by atoms with van der Waals surface area (Å²) in [6, 6.07) is 0. The van der Waals surface area contributed by atoms with Crippen molar-refractivity contribution in [3.8, 4) is 0 Å². The number of hydrogen-bond acceptors (Lipinski definition) is 2. The predicted octanol–water partition coefficient (Wildman–Crippen LogP) is 4.77. The van der Waals surface area contributed by atoms with Gasteiger partial charge in [-0.05, 0) is 13.3 Å². The van der Waals surface area contributed by atoms with Crippen LogP contribution in [0.3, 0.4) is 0 Å². The molecule has 1 heterocycles. The molecular weight excluding hydrogens is 342 g/mol. The van der Waals surface area contributed by atoms with Crippen LogP contribution in [-0.4, -0.2) is 46.1 Å². The van der Waals surface area contributed by atoms with Gasteiger partial charge in [-0.2, -0.15) is 0 Å². The Morgan fingerprint density at radius 1 is 0.818 bits per heavy atom. The summed E-state index contributed by atoms with van der Waals surface area (Å²) >= 11 is 1.94. The quantitative estimate of drug-likeness (QED) is 0.481. The standard InChI is InChI=1S/C17H35N3.BrHO/c1-3-5-6-7-8-9-10-11-12-13-14-20-16-15-19(4-2)17(20)18;1-2/h18H,3-16H2,1-2H3;2H. The number of likely N-dealkylation sites (N-methyl/N-ethyl adjacent to an activating group) is 1. The Morgan fingerprint density at radius 3 is 1.73 bits per heavy atom. The van der Waals surface area contributed by atoms with E-state index < -0.39 is 0 Å². The van der Waals surface area contributed by atoms with Gasteiger partial charge >= 0.3 is 0 Å². The van der Waals surface area contributed by atoms with E-state index in [4.69, 9.17) is 9.61 Å². The molecule has 0 unspecified atom stereocenters. The van der Waals surface area contributed by atoms with Crippen LogP contribution < -0.4 is 0 Å². The maximum Gasteiger partial charge on any atom is 0.193 e. The van der Waals surface area contributed by atoms with Crippen molar-refractivity contribution >= 4 is 22.2 Å². The minimum absolute atomic E-state index is 0.753. The average molecular weight is 378 g/mol. The van der Waals surface area contributed by atoms with Crippen molar-refractivity contribution in [2.24, 2.45) is 0 Å². The number of nitrogens with zero attached hydrogens (tertiary/aromatic N) is 2. The Bertz CT molecular complexity index is 264. The maximum absolute atomic E-state index is 8.04. The topological polar surface area (TPSA) is 50.6 Å². The molecule has 0 atom stereocenters. The molecule has 0 bridgehead atoms. The Kier molecular flexibility index (Phi) is 15.4. The Labute approximate surface area is 146 Å². The van der Waals surface area contributed by atoms with Crippen LogP contribution in [0.1, 0.15) is 78.1 Å². The van der Waals surface area contributed by atoms with Crippen LogP contribution in [0.15, 0.2) is 0 Å². The van der Waals surface area contributed by atoms with Crippen molar-refractivity contribution in [1.82, 2.24) is 9.80 Å². The van der Waals surface area contributed by atoms with Gasteiger partial charge in [0.15, 0.2) is 5.96 Å². The SMILES string of the molecule is CCCCCCCCCCCCN1CCN(CC)C1=N.OBr. The molecule has 22 heavy (non-hydrogen) atoms. The van der Waals surface area contributed by atoms with Gasteiger partial charge in [-0.1, -0.05) is 64.7 Å². The van der Waals surface area contributed by atoms with E-state index in [1.54, 1.807) is 0 Å². The predicted molar refractivity (Wildman–Crippen MR) is 99.5 cm³/mol. The summed E-state index contributed by atoms with van der Waals surface area (Å²) in [7, 11) is 0. The third-order valence-electron chi connectivity index (χ3n) is 4.40. The van der Waals surface area contributed by atoms with Crippen LogP contribution in [0.25, 0.3) is 0 Å². The molecule has 132 valence electrons. The van der Waals surface area contributed by atoms with Gasteiger partial charge in [-0.15, -0.1) is 0 Å². The molecule has 0 aromatic carbocycles. The second-order valence-electron chi connectivity index (χ2n) is 6.07. The molecule has 0 aliphatic carbocycles. The summed E-state index contributed by atoms with van der Waals surface area (Å²) in [4.78, 5) is 4.41. The van der Waals surface area contributed by atoms with Crippen molar-refractivity contribution in [3.05, 3.63) is 0 Å². The summed E-state index contributed by atoms with van der Waals surface area (Å²) in [5.74, 6) is 0.753. The van der Waals surface area contributed by atoms with Crippen molar-refractivity contribution < 1.29 is 4.20 Å². The molecule has 0 spiro atoms. The fraction of sp³-hybridized carbons (Fsp3) is 0.941. The lowest BCUT2D eigenvalue weighted by atomic mass is 10.1. The van der Waals surface area contributed by atoms with Crippen LogP contribution in [0.4, 0.5) is 0 Å². The lowest BCUT2D eigenvalue weighted by molar-refractivity contribution is 0.431. The molecule has 0 aromatic rings. The van der Waals surface area contributed by atoms with Crippen LogP contribution in [0.5, 0.6) is 0 Å². The van der Waals surface area contributed by atoms with Crippen molar-refractivity contribution in [1.29, 1.82) is 5.41 Å². The van der Waals surface area contributed by atoms with E-state index in [1.165, 1.54) is 64.2 Å². The molecule has 1 aliphatic heterocycles. The smallest absolute Gasteiger partial charge is 0.193 e. The van der Waals surface area contributed by atoms with Gasteiger partial charge in [0.2, 0.25) is 0 Å². The fourth-order valence-electron chi connectivity index (χ4n) is 2.97. The van der Waals surface area contributed by atoms with Crippen molar-refractivity contribution in [3.63, 3.8) is 0 Å². The van der Waals surface area contributed by atoms with Gasteiger partial charge in [-0.25, -0.2) is 0 Å². The molecule has 1 saturated heterocycles. The summed E-state index contributed by atoms with van der Waals surface area (Å²) in [6.45, 7) is 8.59. The summed E-state index contributed by atoms with van der Waals surface area (Å²) in [5.41, 5.74) is 0. The Hall–Kier alpha value is -0.290. The van der Waals surface area contributed by atoms with E-state index in [0.29, 0.717) is 0 Å². The molecule has 4 nitrogen and oxygen atoms in total. The third kappa shape index (κ3) is 9.67. The molecule has 0 amide bonds. The van der Waals surface area contributed by atoms with E-state index in [1.807, 2.05) is 16.3 Å². The summed E-state index contributed by atoms with van der Waals surface area (Å²) in [6.07, 6.45) is 13.9. The van der Waals surface area contributed by atoms with Crippen LogP contribution in [-0.2, 0) is 0 Å². The third-order valence-corrected chi connectivity index (χ3v) is 4.40. The highest BCUT2D eigenvalue weighted by atomic mass is 79.9. The highest BCUT2D eigenvalue weighted by Gasteiger charge is 2.22. The zero-order valence-electron chi connectivity index (χ0n) is 14.6. The van der Waals surface area contributed by atoms with Gasteiger partial charge in [0.05, 0.1) is 16.3 Å². The number of nitrogens with one attached hydrogen (secondary N) is 1. The van der Waals surface area contributed by atoms with E-state index in [2.05, 4.69) is 23.6 Å². The first-order chi connectivity index (χ1) is 10.8. The minimum atomic E-state index is 0.753. The number of rotatable bonds is 12. The van der Waals surface area contributed by atoms with E-state index in [-0.39, 0.29) is 0 Å². The van der Waals surface area contributed by atoms with Gasteiger partial charge in [0.25, 0.3) is 0 Å². The zero-order chi connectivity index (χ0) is 16.6. The van der Waals surface area contributed by atoms with E-state index in [9.17, 15) is 0 Å². The molecule has 1 fully saturated rings. The molecule has 2 N–H and O–H groups in total. The van der Waals surface area contributed by atoms with Crippen LogP contribution >= 0.6 is 16.3 Å². The first-order valence-electron chi connectivity index (χ1n) is 9.05. The van der Waals surface area contributed by atoms with Gasteiger partial charge in [0, 0.05) is 26.2 Å². The largest absolute Gasteiger partial charge is 0.342 e. The summed E-state index contributed by atoms with van der Waals surface area (Å²) < 4.78 is 6.81. The Morgan fingerprint density at radius 2 is 1.27 bits per heavy atom. The molecule has 1 aliphatic rings. The number of hydrogen-bond donors (Lipinski definition) is 2. The van der Waals surface area contributed by atoms with Crippen LogP contribution in [0, 0.1) is 5.41 Å². The molecule has 0 aromatic heterocycles. The lowest BCUT2D eigenvalue weighted by Gasteiger charge is -2.20. The first kappa shape index (κ1) is 21.7. The van der Waals surface area contributed by atoms with Gasteiger partial charge < -0.3 is 14.0 Å². The highest BCUT2D eigenvalue weighted by molar-refractivity contribution is 9.05. The van der Waals surface area contributed by atoms with E-state index >= 15 is 0 Å². The van der Waals surface area contributed by atoms with Crippen LogP contribution in [0.2, 0.25) is 0 Å². The zero-order valence-corrected chi connectivity index (χ0v) is 16.2. The highest BCUT2D eigenvalue weighted by Crippen LogP contribution is 2.12. The molecule has 1 rings (SSSR count). The molecule has 5 heteroatoms. The second kappa shape index (κ2) is 15.6. The second-order valence-corrected chi connectivity index (χ2v) is 6.07. The Balaban J connectivity index is 0.00000211. The van der Waals surface area contributed by atoms with Gasteiger partial charge in [-0.3, -0.25) is 5.41 Å². The van der Waals surface area contributed by atoms with Crippen molar-refractivity contribution in [2.75, 3.05) is 26.2 Å². The summed E-state index contributed by atoms with van der Waals surface area (Å²) in [5, 5.41) is 8.04. The monoisotopic (exact) mass is 377 g/mol. The molecule has 0 radical (unpaired) electrons. The fourth-order valence-corrected chi connectivity index (χ4v) is 2.97. The van der Waals surface area contributed by atoms with E-state index in [0.717, 1.165) is 32.1 Å². The average Bonchev–Trinajstić information content (AvgIpc) is 2.91. The van der Waals surface area contributed by atoms with Crippen molar-refractivity contribution in [2.45, 2.75) is 78.1 Å². The normalized spacial score (nSPS) is 14.3. The lowest BCUT2D eigenvalue weighted by Crippen LogP contribution is -2.33. The minimum Gasteiger partial charge on any atom is -0.342 e. The molecular formula is C17H36BrN3O. The number of unbranched alkanes of at least 4 members (excludes halogenated alkanes) is 9.